The van der Waals surface area contributed by atoms with Gasteiger partial charge in [-0.05, 0) is 25.0 Å². The van der Waals surface area contributed by atoms with Crippen LogP contribution in [0.4, 0.5) is 11.4 Å². The van der Waals surface area contributed by atoms with E-state index in [0.29, 0.717) is 31.7 Å². The molecule has 0 spiro atoms. The van der Waals surface area contributed by atoms with Crippen molar-refractivity contribution in [3.8, 4) is 0 Å². The van der Waals surface area contributed by atoms with Crippen molar-refractivity contribution in [2.45, 2.75) is 18.9 Å². The molecule has 0 aromatic heterocycles. The van der Waals surface area contributed by atoms with E-state index >= 15 is 0 Å². The van der Waals surface area contributed by atoms with Gasteiger partial charge in [-0.1, -0.05) is 0 Å². The molecule has 1 aliphatic rings. The molecule has 4 N–H and O–H groups in total. The molecule has 8 heteroatoms. The minimum Gasteiger partial charge on any atom is -0.381 e. The van der Waals surface area contributed by atoms with E-state index in [4.69, 9.17) is 10.6 Å². The Morgan fingerprint density at radius 2 is 2.10 bits per heavy atom. The van der Waals surface area contributed by atoms with Crippen LogP contribution in [-0.4, -0.2) is 30.1 Å². The number of amides is 1. The molecule has 1 fully saturated rings. The lowest BCUT2D eigenvalue weighted by Gasteiger charge is -2.23. The van der Waals surface area contributed by atoms with Crippen LogP contribution in [0.2, 0.25) is 0 Å². The van der Waals surface area contributed by atoms with Crippen LogP contribution in [-0.2, 0) is 4.74 Å². The third kappa shape index (κ3) is 3.22. The lowest BCUT2D eigenvalue weighted by molar-refractivity contribution is -0.385. The third-order valence-corrected chi connectivity index (χ3v) is 3.16. The normalized spacial score (nSPS) is 15.7. The summed E-state index contributed by atoms with van der Waals surface area (Å²) in [4.78, 5) is 22.6. The van der Waals surface area contributed by atoms with Gasteiger partial charge in [0.15, 0.2) is 0 Å². The summed E-state index contributed by atoms with van der Waals surface area (Å²) in [6.07, 6.45) is 1.41. The molecule has 1 aliphatic heterocycles. The molecule has 1 amide bonds. The number of anilines is 1. The number of nitrogens with two attached hydrogens (primary N) is 1. The van der Waals surface area contributed by atoms with E-state index in [-0.39, 0.29) is 17.3 Å². The Morgan fingerprint density at radius 1 is 1.40 bits per heavy atom. The summed E-state index contributed by atoms with van der Waals surface area (Å²) in [6, 6.07) is 4.05. The maximum absolute atomic E-state index is 12.2. The molecule has 1 heterocycles. The Bertz CT molecular complexity index is 514. The van der Waals surface area contributed by atoms with E-state index in [0.717, 1.165) is 0 Å². The van der Waals surface area contributed by atoms with E-state index < -0.39 is 10.8 Å². The first kappa shape index (κ1) is 14.2. The van der Waals surface area contributed by atoms with Crippen molar-refractivity contribution in [3.05, 3.63) is 33.9 Å². The first-order valence-electron chi connectivity index (χ1n) is 6.25. The maximum atomic E-state index is 12.2. The Balaban J connectivity index is 2.20. The summed E-state index contributed by atoms with van der Waals surface area (Å²) in [7, 11) is 0. The highest BCUT2D eigenvalue weighted by molar-refractivity contribution is 5.99. The number of hydrogen-bond acceptors (Lipinski definition) is 6. The second-order valence-electron chi connectivity index (χ2n) is 4.49. The van der Waals surface area contributed by atoms with Crippen LogP contribution in [0, 0.1) is 10.1 Å². The molecule has 0 unspecified atom stereocenters. The number of ether oxygens (including phenoxy) is 1. The average molecular weight is 280 g/mol. The van der Waals surface area contributed by atoms with Gasteiger partial charge in [-0.15, -0.1) is 0 Å². The Hall–Kier alpha value is -2.19. The van der Waals surface area contributed by atoms with Crippen molar-refractivity contribution in [2.75, 3.05) is 18.6 Å². The summed E-state index contributed by atoms with van der Waals surface area (Å²) in [5, 5.41) is 13.8. The van der Waals surface area contributed by atoms with Crippen molar-refractivity contribution < 1.29 is 14.5 Å². The molecule has 108 valence electrons. The molecule has 0 bridgehead atoms. The molecular formula is C12H16N4O4. The van der Waals surface area contributed by atoms with Gasteiger partial charge in [0.05, 0.1) is 4.92 Å². The van der Waals surface area contributed by atoms with Crippen LogP contribution >= 0.6 is 0 Å². The van der Waals surface area contributed by atoms with E-state index in [9.17, 15) is 14.9 Å². The second-order valence-corrected chi connectivity index (χ2v) is 4.49. The monoisotopic (exact) mass is 280 g/mol. The molecule has 8 nitrogen and oxygen atoms in total. The second kappa shape index (κ2) is 6.31. The molecule has 0 saturated carbocycles. The van der Waals surface area contributed by atoms with Crippen LogP contribution in [0.3, 0.4) is 0 Å². The molecule has 1 aromatic rings. The summed E-state index contributed by atoms with van der Waals surface area (Å²) in [5.74, 6) is 4.79. The fourth-order valence-electron chi connectivity index (χ4n) is 2.07. The number of nitrogens with one attached hydrogen (secondary N) is 2. The number of nitrogen functional groups attached to an aromatic ring is 1. The highest BCUT2D eigenvalue weighted by Gasteiger charge is 2.23. The van der Waals surface area contributed by atoms with Gasteiger partial charge in [-0.3, -0.25) is 20.8 Å². The first-order valence-corrected chi connectivity index (χ1v) is 6.25. The molecule has 0 aliphatic carbocycles. The summed E-state index contributed by atoms with van der Waals surface area (Å²) < 4.78 is 5.20. The molecule has 0 atom stereocenters. The minimum atomic E-state index is -0.584. The molecular weight excluding hydrogens is 264 g/mol. The smallest absolute Gasteiger partial charge is 0.282 e. The standard InChI is InChI=1S/C12H16N4O4/c13-15-9-1-2-11(16(18)19)10(7-9)12(17)14-8-3-5-20-6-4-8/h1-2,7-8,15H,3-6,13H2,(H,14,17). The van der Waals surface area contributed by atoms with Crippen LogP contribution in [0.15, 0.2) is 18.2 Å². The Labute approximate surface area is 115 Å². The van der Waals surface area contributed by atoms with Gasteiger partial charge in [0.2, 0.25) is 0 Å². The van der Waals surface area contributed by atoms with Crippen molar-refractivity contribution in [1.29, 1.82) is 0 Å². The van der Waals surface area contributed by atoms with Gasteiger partial charge in [-0.25, -0.2) is 0 Å². The lowest BCUT2D eigenvalue weighted by Crippen LogP contribution is -2.39. The van der Waals surface area contributed by atoms with Gasteiger partial charge in [0.25, 0.3) is 11.6 Å². The third-order valence-electron chi connectivity index (χ3n) is 3.16. The van der Waals surface area contributed by atoms with E-state index in [2.05, 4.69) is 10.7 Å². The first-order chi connectivity index (χ1) is 9.61. The Morgan fingerprint density at radius 3 is 2.70 bits per heavy atom. The van der Waals surface area contributed by atoms with Gasteiger partial charge in [0.1, 0.15) is 5.56 Å². The van der Waals surface area contributed by atoms with E-state index in [1.807, 2.05) is 0 Å². The van der Waals surface area contributed by atoms with E-state index in [1.54, 1.807) is 0 Å². The number of carbonyl (C=O) groups excluding carboxylic acids is 1. The van der Waals surface area contributed by atoms with Crippen LogP contribution < -0.4 is 16.6 Å². The predicted molar refractivity (Wildman–Crippen MR) is 72.2 cm³/mol. The minimum absolute atomic E-state index is 0.00283. The van der Waals surface area contributed by atoms with Crippen LogP contribution in [0.1, 0.15) is 23.2 Å². The fraction of sp³-hybridized carbons (Fsp3) is 0.417. The number of nitrogens with zero attached hydrogens (tertiary/aromatic N) is 1. The quantitative estimate of drug-likeness (QED) is 0.426. The van der Waals surface area contributed by atoms with Crippen molar-refractivity contribution in [1.82, 2.24) is 5.32 Å². The van der Waals surface area contributed by atoms with Crippen LogP contribution in [0.5, 0.6) is 0 Å². The SMILES string of the molecule is NNc1ccc([N+](=O)[O-])c(C(=O)NC2CCOCC2)c1. The van der Waals surface area contributed by atoms with Gasteiger partial charge in [0, 0.05) is 31.0 Å². The largest absolute Gasteiger partial charge is 0.381 e. The summed E-state index contributed by atoms with van der Waals surface area (Å²) in [6.45, 7) is 1.16. The number of hydrazine groups is 1. The molecule has 1 aromatic carbocycles. The zero-order chi connectivity index (χ0) is 14.5. The number of rotatable bonds is 4. The van der Waals surface area contributed by atoms with Crippen molar-refractivity contribution >= 4 is 17.3 Å². The summed E-state index contributed by atoms with van der Waals surface area (Å²) in [5.41, 5.74) is 2.56. The predicted octanol–water partition coefficient (Wildman–Crippen LogP) is 0.789. The highest BCUT2D eigenvalue weighted by atomic mass is 16.6. The lowest BCUT2D eigenvalue weighted by atomic mass is 10.1. The number of hydrogen-bond donors (Lipinski definition) is 3. The van der Waals surface area contributed by atoms with Gasteiger partial charge >= 0.3 is 0 Å². The van der Waals surface area contributed by atoms with Crippen molar-refractivity contribution in [3.63, 3.8) is 0 Å². The van der Waals surface area contributed by atoms with E-state index in [1.165, 1.54) is 18.2 Å². The summed E-state index contributed by atoms with van der Waals surface area (Å²) >= 11 is 0. The molecule has 2 rings (SSSR count). The van der Waals surface area contributed by atoms with Gasteiger partial charge in [-0.2, -0.15) is 0 Å². The Kier molecular flexibility index (Phi) is 4.49. The molecule has 1 saturated heterocycles. The zero-order valence-corrected chi connectivity index (χ0v) is 10.8. The number of nitro benzene ring substituents is 1. The topological polar surface area (TPSA) is 120 Å². The zero-order valence-electron chi connectivity index (χ0n) is 10.8. The number of benzene rings is 1. The highest BCUT2D eigenvalue weighted by Crippen LogP contribution is 2.22. The fourth-order valence-corrected chi connectivity index (χ4v) is 2.07. The average Bonchev–Trinajstić information content (AvgIpc) is 2.47. The molecule has 0 radical (unpaired) electrons. The number of nitro groups is 1. The van der Waals surface area contributed by atoms with Gasteiger partial charge < -0.3 is 15.5 Å². The molecule has 20 heavy (non-hydrogen) atoms. The maximum Gasteiger partial charge on any atom is 0.282 e. The van der Waals surface area contributed by atoms with Crippen LogP contribution in [0.25, 0.3) is 0 Å². The van der Waals surface area contributed by atoms with Crippen molar-refractivity contribution in [2.24, 2.45) is 5.84 Å². The number of carbonyl (C=O) groups is 1.